The van der Waals surface area contributed by atoms with Gasteiger partial charge in [-0.15, -0.1) is 0 Å². The average Bonchev–Trinajstić information content (AvgIpc) is 2.67. The van der Waals surface area contributed by atoms with Gasteiger partial charge in [-0.05, 0) is 32.4 Å². The number of hydrogen-bond donors (Lipinski definition) is 2. The van der Waals surface area contributed by atoms with E-state index < -0.39 is 0 Å². The van der Waals surface area contributed by atoms with E-state index in [0.717, 1.165) is 37.1 Å². The molecule has 0 aliphatic carbocycles. The zero-order valence-corrected chi connectivity index (χ0v) is 10.7. The molecule has 1 amide bonds. The first-order chi connectivity index (χ1) is 8.79. The molecule has 98 valence electrons. The number of carbonyl (C=O) groups excluding carboxylic acids is 1. The summed E-state index contributed by atoms with van der Waals surface area (Å²) in [6, 6.07) is 7.72. The molecule has 1 aliphatic rings. The minimum Gasteiger partial charge on any atom is -0.396 e. The molecule has 0 saturated carbocycles. The molecule has 1 unspecified atom stereocenters. The van der Waals surface area contributed by atoms with Crippen LogP contribution in [0.15, 0.2) is 24.3 Å². The number of rotatable bonds is 6. The van der Waals surface area contributed by atoms with E-state index in [9.17, 15) is 4.79 Å². The first-order valence-corrected chi connectivity index (χ1v) is 6.48. The molecule has 18 heavy (non-hydrogen) atoms. The number of hydrogen-bond acceptors (Lipinski definition) is 3. The molecular weight excluding hydrogens is 228 g/mol. The van der Waals surface area contributed by atoms with Crippen LogP contribution in [0.5, 0.6) is 0 Å². The maximum atomic E-state index is 12.3. The van der Waals surface area contributed by atoms with Crippen LogP contribution in [0.2, 0.25) is 0 Å². The minimum atomic E-state index is -0.209. The fourth-order valence-electron chi connectivity index (χ4n) is 2.45. The largest absolute Gasteiger partial charge is 0.396 e. The normalized spacial score (nSPS) is 18.2. The summed E-state index contributed by atoms with van der Waals surface area (Å²) in [6.07, 6.45) is 2.68. The standard InChI is InChI=1S/C14H20N2O2/c1-15-13-11-7-3-4-8-12(11)16(14(13)18)9-5-2-6-10-17/h3-4,7-8,13,15,17H,2,5-6,9-10H2,1H3. The lowest BCUT2D eigenvalue weighted by atomic mass is 10.1. The Balaban J connectivity index is 2.09. The van der Waals surface area contributed by atoms with Crippen molar-refractivity contribution < 1.29 is 9.90 Å². The van der Waals surface area contributed by atoms with Gasteiger partial charge in [0.15, 0.2) is 0 Å². The lowest BCUT2D eigenvalue weighted by molar-refractivity contribution is -0.119. The van der Waals surface area contributed by atoms with E-state index >= 15 is 0 Å². The molecule has 1 aromatic rings. The van der Waals surface area contributed by atoms with Crippen LogP contribution in [0.25, 0.3) is 0 Å². The Morgan fingerprint density at radius 1 is 1.28 bits per heavy atom. The van der Waals surface area contributed by atoms with Gasteiger partial charge in [0.25, 0.3) is 0 Å². The summed E-state index contributed by atoms with van der Waals surface area (Å²) in [7, 11) is 1.81. The number of amides is 1. The quantitative estimate of drug-likeness (QED) is 0.749. The molecule has 0 bridgehead atoms. The minimum absolute atomic E-state index is 0.127. The number of fused-ring (bicyclic) bond motifs is 1. The van der Waals surface area contributed by atoms with Crippen molar-refractivity contribution in [2.24, 2.45) is 0 Å². The number of nitrogens with zero attached hydrogens (tertiary/aromatic N) is 1. The fourth-order valence-corrected chi connectivity index (χ4v) is 2.45. The van der Waals surface area contributed by atoms with Crippen molar-refractivity contribution in [3.63, 3.8) is 0 Å². The molecule has 1 aromatic carbocycles. The van der Waals surface area contributed by atoms with Crippen molar-refractivity contribution in [1.82, 2.24) is 5.32 Å². The highest BCUT2D eigenvalue weighted by Crippen LogP contribution is 2.35. The number of aliphatic hydroxyl groups is 1. The third-order valence-electron chi connectivity index (χ3n) is 3.38. The first kappa shape index (κ1) is 13.1. The zero-order valence-electron chi connectivity index (χ0n) is 10.7. The van der Waals surface area contributed by atoms with Crippen molar-refractivity contribution in [1.29, 1.82) is 0 Å². The van der Waals surface area contributed by atoms with Gasteiger partial charge in [0.1, 0.15) is 6.04 Å². The summed E-state index contributed by atoms with van der Waals surface area (Å²) >= 11 is 0. The number of likely N-dealkylation sites (N-methyl/N-ethyl adjacent to an activating group) is 1. The number of aliphatic hydroxyl groups excluding tert-OH is 1. The van der Waals surface area contributed by atoms with Crippen LogP contribution < -0.4 is 10.2 Å². The van der Waals surface area contributed by atoms with Gasteiger partial charge in [-0.1, -0.05) is 18.2 Å². The Kier molecular flexibility index (Phi) is 4.33. The van der Waals surface area contributed by atoms with Gasteiger partial charge in [0, 0.05) is 24.4 Å². The number of benzene rings is 1. The molecule has 4 heteroatoms. The lowest BCUT2D eigenvalue weighted by Gasteiger charge is -2.17. The van der Waals surface area contributed by atoms with E-state index in [0.29, 0.717) is 0 Å². The fraction of sp³-hybridized carbons (Fsp3) is 0.500. The number of nitrogens with one attached hydrogen (secondary N) is 1. The van der Waals surface area contributed by atoms with Gasteiger partial charge in [-0.2, -0.15) is 0 Å². The second-order valence-corrected chi connectivity index (χ2v) is 4.55. The average molecular weight is 248 g/mol. The maximum Gasteiger partial charge on any atom is 0.248 e. The van der Waals surface area contributed by atoms with Crippen LogP contribution in [0.1, 0.15) is 30.9 Å². The Morgan fingerprint density at radius 2 is 2.06 bits per heavy atom. The van der Waals surface area contributed by atoms with Crippen LogP contribution in [-0.2, 0) is 4.79 Å². The number of anilines is 1. The summed E-state index contributed by atoms with van der Waals surface area (Å²) in [5.74, 6) is 0.127. The lowest BCUT2D eigenvalue weighted by Crippen LogP contribution is -2.33. The zero-order chi connectivity index (χ0) is 13.0. The van der Waals surface area contributed by atoms with Gasteiger partial charge in [-0.25, -0.2) is 0 Å². The molecule has 0 fully saturated rings. The number of para-hydroxylation sites is 1. The summed E-state index contributed by atoms with van der Waals surface area (Å²) in [4.78, 5) is 14.1. The maximum absolute atomic E-state index is 12.3. The monoisotopic (exact) mass is 248 g/mol. The number of carbonyl (C=O) groups is 1. The molecule has 1 aliphatic heterocycles. The highest BCUT2D eigenvalue weighted by Gasteiger charge is 2.35. The van der Waals surface area contributed by atoms with E-state index in [1.54, 1.807) is 0 Å². The summed E-state index contributed by atoms with van der Waals surface area (Å²) in [5.41, 5.74) is 2.08. The predicted molar refractivity (Wildman–Crippen MR) is 71.5 cm³/mol. The number of unbranched alkanes of at least 4 members (excludes halogenated alkanes) is 2. The smallest absolute Gasteiger partial charge is 0.248 e. The molecule has 1 atom stereocenters. The van der Waals surface area contributed by atoms with Crippen LogP contribution in [-0.4, -0.2) is 31.2 Å². The van der Waals surface area contributed by atoms with Gasteiger partial charge in [0.2, 0.25) is 5.91 Å². The van der Waals surface area contributed by atoms with E-state index in [1.165, 1.54) is 0 Å². The molecule has 2 rings (SSSR count). The van der Waals surface area contributed by atoms with Gasteiger partial charge < -0.3 is 15.3 Å². The Bertz CT molecular complexity index is 420. The van der Waals surface area contributed by atoms with Crippen LogP contribution in [0.4, 0.5) is 5.69 Å². The second kappa shape index (κ2) is 5.98. The van der Waals surface area contributed by atoms with Gasteiger partial charge in [-0.3, -0.25) is 4.79 Å². The molecule has 1 heterocycles. The second-order valence-electron chi connectivity index (χ2n) is 4.55. The summed E-state index contributed by atoms with van der Waals surface area (Å²) < 4.78 is 0. The summed E-state index contributed by atoms with van der Waals surface area (Å²) in [6.45, 7) is 0.956. The van der Waals surface area contributed by atoms with Crippen molar-refractivity contribution in [3.05, 3.63) is 29.8 Å². The van der Waals surface area contributed by atoms with E-state index in [2.05, 4.69) is 5.32 Å². The molecule has 0 radical (unpaired) electrons. The highest BCUT2D eigenvalue weighted by molar-refractivity contribution is 6.04. The van der Waals surface area contributed by atoms with Crippen molar-refractivity contribution in [3.8, 4) is 0 Å². The molecule has 2 N–H and O–H groups in total. The van der Waals surface area contributed by atoms with Crippen LogP contribution in [0.3, 0.4) is 0 Å². The highest BCUT2D eigenvalue weighted by atomic mass is 16.2. The van der Waals surface area contributed by atoms with Gasteiger partial charge >= 0.3 is 0 Å². The predicted octanol–water partition coefficient (Wildman–Crippen LogP) is 1.46. The van der Waals surface area contributed by atoms with Crippen molar-refractivity contribution >= 4 is 11.6 Å². The third kappa shape index (κ3) is 2.40. The molecule has 0 saturated heterocycles. The Morgan fingerprint density at radius 3 is 2.78 bits per heavy atom. The summed E-state index contributed by atoms with van der Waals surface area (Å²) in [5, 5.41) is 11.8. The van der Waals surface area contributed by atoms with E-state index in [-0.39, 0.29) is 18.6 Å². The molecule has 4 nitrogen and oxygen atoms in total. The van der Waals surface area contributed by atoms with Crippen molar-refractivity contribution in [2.45, 2.75) is 25.3 Å². The topological polar surface area (TPSA) is 52.6 Å². The third-order valence-corrected chi connectivity index (χ3v) is 3.38. The molecule has 0 spiro atoms. The van der Waals surface area contributed by atoms with Crippen molar-refractivity contribution in [2.75, 3.05) is 25.1 Å². The van der Waals surface area contributed by atoms with Crippen LogP contribution >= 0.6 is 0 Å². The first-order valence-electron chi connectivity index (χ1n) is 6.48. The van der Waals surface area contributed by atoms with Crippen LogP contribution in [0, 0.1) is 0 Å². The van der Waals surface area contributed by atoms with Gasteiger partial charge in [0.05, 0.1) is 0 Å². The Hall–Kier alpha value is -1.39. The molecule has 0 aromatic heterocycles. The van der Waals surface area contributed by atoms with E-state index in [1.807, 2.05) is 36.2 Å². The Labute approximate surface area is 108 Å². The van der Waals surface area contributed by atoms with E-state index in [4.69, 9.17) is 5.11 Å². The SMILES string of the molecule is CNC1C(=O)N(CCCCCO)c2ccccc21. The molecular formula is C14H20N2O2.